The number of aromatic nitrogens is 1. The largest absolute Gasteiger partial charge is 0.381 e. The van der Waals surface area contributed by atoms with Crippen molar-refractivity contribution in [2.75, 3.05) is 23.9 Å². The summed E-state index contributed by atoms with van der Waals surface area (Å²) in [5.74, 6) is 0. The molecule has 0 amide bonds. The lowest BCUT2D eigenvalue weighted by atomic mass is 9.92. The van der Waals surface area contributed by atoms with Gasteiger partial charge in [-0.05, 0) is 85.4 Å². The Morgan fingerprint density at radius 3 is 2.50 bits per heavy atom. The predicted octanol–water partition coefficient (Wildman–Crippen LogP) is 8.84. The first kappa shape index (κ1) is 30.0. The first-order valence-electron chi connectivity index (χ1n) is 14.6. The van der Waals surface area contributed by atoms with Gasteiger partial charge in [0.05, 0.1) is 64.3 Å². The Morgan fingerprint density at radius 2 is 1.76 bits per heavy atom. The quantitative estimate of drug-likeness (QED) is 0.297. The maximum atomic E-state index is 6.47. The summed E-state index contributed by atoms with van der Waals surface area (Å²) >= 11 is 12.7. The van der Waals surface area contributed by atoms with E-state index in [-0.39, 0.29) is 6.04 Å². The molecule has 0 atom stereocenters. The van der Waals surface area contributed by atoms with E-state index in [1.165, 1.54) is 0 Å². The summed E-state index contributed by atoms with van der Waals surface area (Å²) in [5.41, 5.74) is 8.03. The third-order valence-electron chi connectivity index (χ3n) is 7.68. The molecule has 1 fully saturated rings. The van der Waals surface area contributed by atoms with E-state index in [1.807, 2.05) is 50.4 Å². The maximum Gasteiger partial charge on any atom is 0.0817 e. The standard InChI is InChI=1S/C32H31Cl2N5O.C2H6/c1-40-26-11-8-23(9-12-26)37-30-15-22-20-39(25-10-13-27(33)28(34)16-25)32-7-3-2-5-21(32)18-36-29(22)17-31(30)38-24-6-4-14-35-19-24;1-2/h2-7,10,13-17,19,23,26,38H,8-9,11-12,18,20H2,1H3;1-2H3. The number of fused-ring (bicyclic) bond motifs is 2. The minimum Gasteiger partial charge on any atom is -0.381 e. The molecule has 6 nitrogen and oxygen atoms in total. The maximum absolute atomic E-state index is 6.47. The molecule has 1 saturated carbocycles. The van der Waals surface area contributed by atoms with E-state index >= 15 is 0 Å². The molecule has 1 N–H and O–H groups in total. The number of anilines is 3. The van der Waals surface area contributed by atoms with Gasteiger partial charge in [-0.1, -0.05) is 55.2 Å². The van der Waals surface area contributed by atoms with Crippen LogP contribution in [0.15, 0.2) is 100 Å². The molecular formula is C34H37Cl2N5O. The molecule has 2 heterocycles. The number of ether oxygens (including phenoxy) is 1. The molecule has 2 aliphatic carbocycles. The van der Waals surface area contributed by atoms with Gasteiger partial charge in [-0.15, -0.1) is 0 Å². The van der Waals surface area contributed by atoms with Gasteiger partial charge in [0, 0.05) is 24.7 Å². The minimum atomic E-state index is 0.247. The van der Waals surface area contributed by atoms with E-state index in [0.29, 0.717) is 29.2 Å². The van der Waals surface area contributed by atoms with Crippen molar-refractivity contribution in [2.45, 2.75) is 58.2 Å². The molecule has 0 bridgehead atoms. The molecule has 3 aromatic rings. The van der Waals surface area contributed by atoms with Crippen molar-refractivity contribution in [3.63, 3.8) is 0 Å². The zero-order valence-corrected chi connectivity index (χ0v) is 25.9. The highest BCUT2D eigenvalue weighted by Crippen LogP contribution is 2.36. The molecule has 0 saturated heterocycles. The Balaban J connectivity index is 0.00000173. The summed E-state index contributed by atoms with van der Waals surface area (Å²) in [6.07, 6.45) is 12.3. The fraction of sp³-hybridized carbons (Fsp3) is 0.324. The van der Waals surface area contributed by atoms with Crippen LogP contribution in [0.5, 0.6) is 0 Å². The van der Waals surface area contributed by atoms with E-state index in [2.05, 4.69) is 51.6 Å². The van der Waals surface area contributed by atoms with E-state index < -0.39 is 0 Å². The molecule has 0 radical (unpaired) electrons. The van der Waals surface area contributed by atoms with Crippen LogP contribution in [0.25, 0.3) is 0 Å². The van der Waals surface area contributed by atoms with Gasteiger partial charge in [-0.2, -0.15) is 0 Å². The Hall–Kier alpha value is -3.45. The smallest absolute Gasteiger partial charge is 0.0817 e. The van der Waals surface area contributed by atoms with Crippen LogP contribution in [0.3, 0.4) is 0 Å². The number of methoxy groups -OCH3 is 1. The number of halogens is 2. The van der Waals surface area contributed by atoms with Gasteiger partial charge in [-0.25, -0.2) is 0 Å². The van der Waals surface area contributed by atoms with E-state index in [9.17, 15) is 0 Å². The van der Waals surface area contributed by atoms with Crippen molar-refractivity contribution < 1.29 is 4.74 Å². The number of allylic oxidation sites excluding steroid dienone is 2. The third-order valence-corrected chi connectivity index (χ3v) is 8.42. The molecular weight excluding hydrogens is 565 g/mol. The highest BCUT2D eigenvalue weighted by Gasteiger charge is 2.26. The molecule has 0 spiro atoms. The molecule has 8 heteroatoms. The number of para-hydroxylation sites is 1. The van der Waals surface area contributed by atoms with Crippen LogP contribution in [0.2, 0.25) is 10.0 Å². The summed E-state index contributed by atoms with van der Waals surface area (Å²) in [6, 6.07) is 18.4. The van der Waals surface area contributed by atoms with Crippen molar-refractivity contribution in [1.29, 1.82) is 0 Å². The fourth-order valence-electron chi connectivity index (χ4n) is 5.52. The number of aliphatic imine (C=N–C) groups is 2. The third kappa shape index (κ3) is 6.95. The van der Waals surface area contributed by atoms with Gasteiger partial charge < -0.3 is 15.0 Å². The van der Waals surface area contributed by atoms with Crippen LogP contribution in [0.4, 0.5) is 17.1 Å². The molecule has 3 aliphatic rings. The van der Waals surface area contributed by atoms with E-state index in [4.69, 9.17) is 37.9 Å². The van der Waals surface area contributed by atoms with E-state index in [0.717, 1.165) is 71.0 Å². The second kappa shape index (κ2) is 14.1. The lowest BCUT2D eigenvalue weighted by molar-refractivity contribution is 0.0667. The Bertz CT molecular complexity index is 1510. The van der Waals surface area contributed by atoms with Gasteiger partial charge in [0.2, 0.25) is 0 Å². The summed E-state index contributed by atoms with van der Waals surface area (Å²) in [4.78, 5) is 16.9. The topological polar surface area (TPSA) is 62.1 Å². The van der Waals surface area contributed by atoms with Crippen LogP contribution >= 0.6 is 23.2 Å². The average molecular weight is 603 g/mol. The molecule has 0 unspecified atom stereocenters. The zero-order valence-electron chi connectivity index (χ0n) is 24.4. The highest BCUT2D eigenvalue weighted by atomic mass is 35.5. The van der Waals surface area contributed by atoms with Gasteiger partial charge >= 0.3 is 0 Å². The predicted molar refractivity (Wildman–Crippen MR) is 177 cm³/mol. The highest BCUT2D eigenvalue weighted by molar-refractivity contribution is 6.42. The van der Waals surface area contributed by atoms with Crippen LogP contribution in [-0.4, -0.2) is 42.2 Å². The first-order valence-corrected chi connectivity index (χ1v) is 15.4. The first-order chi connectivity index (χ1) is 20.6. The van der Waals surface area contributed by atoms with Crippen molar-refractivity contribution >= 4 is 51.7 Å². The van der Waals surface area contributed by atoms with Gasteiger partial charge in [0.15, 0.2) is 0 Å². The average Bonchev–Trinajstić information content (AvgIpc) is 3.03. The van der Waals surface area contributed by atoms with Crippen LogP contribution in [0.1, 0.15) is 45.1 Å². The normalized spacial score (nSPS) is 20.9. The second-order valence-corrected chi connectivity index (χ2v) is 11.1. The van der Waals surface area contributed by atoms with Crippen LogP contribution in [-0.2, 0) is 11.3 Å². The summed E-state index contributed by atoms with van der Waals surface area (Å²) in [5, 5.41) is 4.63. The van der Waals surface area contributed by atoms with Gasteiger partial charge in [0.1, 0.15) is 0 Å². The number of hydrogen-bond donors (Lipinski definition) is 1. The number of rotatable bonds is 5. The van der Waals surface area contributed by atoms with Crippen molar-refractivity contribution in [1.82, 2.24) is 4.98 Å². The van der Waals surface area contributed by atoms with Gasteiger partial charge in [-0.3, -0.25) is 15.0 Å². The molecule has 42 heavy (non-hydrogen) atoms. The molecule has 1 aliphatic heterocycles. The Kier molecular flexibility index (Phi) is 10.1. The SMILES string of the molecule is CC.COC1CCC(N=C2C=C3CN(c4ccc(Cl)c(Cl)c4)c4ccccc4CN=C3C=C2Nc2cccnc2)CC1. The van der Waals surface area contributed by atoms with Gasteiger partial charge in [0.25, 0.3) is 0 Å². The molecule has 2 aromatic carbocycles. The number of nitrogens with zero attached hydrogens (tertiary/aromatic N) is 4. The Labute approximate surface area is 258 Å². The molecule has 1 aromatic heterocycles. The second-order valence-electron chi connectivity index (χ2n) is 10.3. The van der Waals surface area contributed by atoms with Crippen molar-refractivity contribution in [3.8, 4) is 0 Å². The lowest BCUT2D eigenvalue weighted by Crippen LogP contribution is -2.30. The zero-order chi connectivity index (χ0) is 29.5. The summed E-state index contributed by atoms with van der Waals surface area (Å²) in [7, 11) is 1.80. The minimum absolute atomic E-state index is 0.247. The van der Waals surface area contributed by atoms with Crippen molar-refractivity contribution in [2.24, 2.45) is 9.98 Å². The fourth-order valence-corrected chi connectivity index (χ4v) is 5.81. The monoisotopic (exact) mass is 601 g/mol. The lowest BCUT2D eigenvalue weighted by Gasteiger charge is -2.32. The number of nitrogens with one attached hydrogen (secondary N) is 1. The van der Waals surface area contributed by atoms with E-state index in [1.54, 1.807) is 13.3 Å². The molecule has 6 rings (SSSR count). The van der Waals surface area contributed by atoms with Crippen LogP contribution in [0, 0.1) is 0 Å². The summed E-state index contributed by atoms with van der Waals surface area (Å²) < 4.78 is 5.59. The number of pyridine rings is 1. The number of hydrogen-bond acceptors (Lipinski definition) is 6. The van der Waals surface area contributed by atoms with Crippen molar-refractivity contribution in [3.05, 3.63) is 106 Å². The van der Waals surface area contributed by atoms with Crippen LogP contribution < -0.4 is 10.2 Å². The Morgan fingerprint density at radius 1 is 0.952 bits per heavy atom. The molecule has 218 valence electrons. The number of benzene rings is 2. The summed E-state index contributed by atoms with van der Waals surface area (Å²) in [6.45, 7) is 5.17.